The molecule has 5 heteroatoms. The minimum absolute atomic E-state index is 0.109. The van der Waals surface area contributed by atoms with Gasteiger partial charge < -0.3 is 9.15 Å². The number of carbonyl (C=O) groups excluding carboxylic acids is 1. The van der Waals surface area contributed by atoms with Crippen LogP contribution in [-0.4, -0.2) is 12.6 Å². The van der Waals surface area contributed by atoms with Gasteiger partial charge in [-0.25, -0.2) is 9.64 Å². The molecule has 0 radical (unpaired) electrons. The minimum atomic E-state index is -0.773. The molecule has 1 aromatic carbocycles. The highest BCUT2D eigenvalue weighted by atomic mass is 16.5. The second-order valence-electron chi connectivity index (χ2n) is 5.32. The van der Waals surface area contributed by atoms with Gasteiger partial charge in [0.2, 0.25) is 0 Å². The normalized spacial score (nSPS) is 14.8. The van der Waals surface area contributed by atoms with Crippen LogP contribution in [0.2, 0.25) is 0 Å². The molecule has 0 unspecified atom stereocenters. The molecule has 1 heterocycles. The van der Waals surface area contributed by atoms with E-state index in [1.54, 1.807) is 25.1 Å². The Labute approximate surface area is 149 Å². The molecule has 0 amide bonds. The van der Waals surface area contributed by atoms with Crippen LogP contribution in [0.4, 0.5) is 0 Å². The minimum Gasteiger partial charge on any atom is -0.471 e. The molecule has 1 aromatic heterocycles. The largest absolute Gasteiger partial charge is 0.471 e. The molecule has 0 atom stereocenters. The van der Waals surface area contributed by atoms with Crippen molar-refractivity contribution in [3.8, 4) is 11.8 Å². The number of rotatable bonds is 3. The first-order valence-corrected chi connectivity index (χ1v) is 7.85. The first-order valence-electron chi connectivity index (χ1n) is 7.85. The SMILES string of the molecule is [C-]#[N+]/C(=C/c1cc2cc3c(cc2oc1=O)C#C/C=C\C=C/3)C(=O)OCC. The van der Waals surface area contributed by atoms with E-state index in [-0.39, 0.29) is 17.9 Å². The van der Waals surface area contributed by atoms with Crippen LogP contribution in [0.15, 0.2) is 51.3 Å². The van der Waals surface area contributed by atoms with Crippen molar-refractivity contribution in [1.82, 2.24) is 0 Å². The fourth-order valence-corrected chi connectivity index (χ4v) is 2.42. The van der Waals surface area contributed by atoms with Crippen LogP contribution in [0.25, 0.3) is 28.0 Å². The van der Waals surface area contributed by atoms with Gasteiger partial charge in [-0.05, 0) is 42.8 Å². The number of fused-ring (bicyclic) bond motifs is 2. The van der Waals surface area contributed by atoms with Crippen molar-refractivity contribution < 1.29 is 13.9 Å². The third kappa shape index (κ3) is 3.48. The topological polar surface area (TPSA) is 60.9 Å². The highest BCUT2D eigenvalue weighted by molar-refractivity contribution is 5.96. The summed E-state index contributed by atoms with van der Waals surface area (Å²) in [5, 5.41) is 0.666. The highest BCUT2D eigenvalue weighted by Crippen LogP contribution is 2.22. The smallest absolute Gasteiger partial charge is 0.342 e. The maximum atomic E-state index is 12.2. The zero-order valence-electron chi connectivity index (χ0n) is 13.9. The lowest BCUT2D eigenvalue weighted by atomic mass is 10.0. The Morgan fingerprint density at radius 2 is 2.19 bits per heavy atom. The maximum Gasteiger partial charge on any atom is 0.342 e. The summed E-state index contributed by atoms with van der Waals surface area (Å²) >= 11 is 0. The van der Waals surface area contributed by atoms with Gasteiger partial charge in [-0.15, -0.1) is 0 Å². The van der Waals surface area contributed by atoms with E-state index in [0.29, 0.717) is 11.0 Å². The Bertz CT molecular complexity index is 1140. The van der Waals surface area contributed by atoms with Crippen LogP contribution in [0.3, 0.4) is 0 Å². The van der Waals surface area contributed by atoms with Crippen LogP contribution in [-0.2, 0) is 9.53 Å². The monoisotopic (exact) mass is 343 g/mol. The summed E-state index contributed by atoms with van der Waals surface area (Å²) < 4.78 is 10.2. The fraction of sp³-hybridized carbons (Fsp3) is 0.0952. The summed E-state index contributed by atoms with van der Waals surface area (Å²) in [5.41, 5.74) is 1.21. The molecule has 1 aliphatic carbocycles. The quantitative estimate of drug-likeness (QED) is 0.281. The third-order valence-corrected chi connectivity index (χ3v) is 3.60. The van der Waals surface area contributed by atoms with Gasteiger partial charge in [0.25, 0.3) is 5.70 Å². The molecular formula is C21H13NO4. The summed E-state index contributed by atoms with van der Waals surface area (Å²) in [6, 6.07) is 5.13. The van der Waals surface area contributed by atoms with Gasteiger partial charge >= 0.3 is 11.6 Å². The molecular weight excluding hydrogens is 330 g/mol. The first-order chi connectivity index (χ1) is 12.6. The van der Waals surface area contributed by atoms with E-state index in [1.807, 2.05) is 24.3 Å². The number of esters is 1. The molecule has 2 aromatic rings. The van der Waals surface area contributed by atoms with Gasteiger partial charge in [0.05, 0.1) is 18.7 Å². The summed E-state index contributed by atoms with van der Waals surface area (Å²) in [4.78, 5) is 27.1. The summed E-state index contributed by atoms with van der Waals surface area (Å²) in [5.74, 6) is 5.12. The second kappa shape index (κ2) is 7.38. The Balaban J connectivity index is 2.15. The van der Waals surface area contributed by atoms with E-state index in [1.165, 1.54) is 6.08 Å². The molecule has 5 nitrogen and oxygen atoms in total. The molecule has 3 rings (SSSR count). The Kier molecular flexibility index (Phi) is 4.83. The van der Waals surface area contributed by atoms with E-state index in [9.17, 15) is 9.59 Å². The van der Waals surface area contributed by atoms with Gasteiger partial charge in [0.1, 0.15) is 5.58 Å². The Hall–Kier alpha value is -3.83. The Morgan fingerprint density at radius 1 is 1.35 bits per heavy atom. The Morgan fingerprint density at radius 3 is 2.96 bits per heavy atom. The number of allylic oxidation sites excluding steroid dienone is 3. The van der Waals surface area contributed by atoms with Crippen LogP contribution in [0.5, 0.6) is 0 Å². The predicted octanol–water partition coefficient (Wildman–Crippen LogP) is 3.55. The van der Waals surface area contributed by atoms with Crippen molar-refractivity contribution in [2.75, 3.05) is 6.61 Å². The van der Waals surface area contributed by atoms with Crippen LogP contribution < -0.4 is 5.63 Å². The second-order valence-corrected chi connectivity index (χ2v) is 5.32. The van der Waals surface area contributed by atoms with Crippen molar-refractivity contribution in [3.63, 3.8) is 0 Å². The van der Waals surface area contributed by atoms with Gasteiger partial charge in [0.15, 0.2) is 0 Å². The van der Waals surface area contributed by atoms with Crippen LogP contribution in [0, 0.1) is 18.4 Å². The van der Waals surface area contributed by atoms with E-state index >= 15 is 0 Å². The molecule has 0 saturated heterocycles. The summed E-state index contributed by atoms with van der Waals surface area (Å²) in [6.45, 7) is 8.90. The molecule has 126 valence electrons. The summed E-state index contributed by atoms with van der Waals surface area (Å²) in [6.07, 6.45) is 8.53. The van der Waals surface area contributed by atoms with Crippen LogP contribution >= 0.6 is 0 Å². The predicted molar refractivity (Wildman–Crippen MR) is 98.7 cm³/mol. The lowest BCUT2D eigenvalue weighted by molar-refractivity contribution is -0.138. The number of benzene rings is 1. The van der Waals surface area contributed by atoms with Gasteiger partial charge in [-0.3, -0.25) is 4.79 Å². The highest BCUT2D eigenvalue weighted by Gasteiger charge is 2.13. The van der Waals surface area contributed by atoms with E-state index in [2.05, 4.69) is 16.7 Å². The average Bonchev–Trinajstić information content (AvgIpc) is 2.60. The number of hydrogen-bond donors (Lipinski definition) is 0. The zero-order chi connectivity index (χ0) is 18.5. The number of hydrogen-bond acceptors (Lipinski definition) is 4. The number of nitrogens with zero attached hydrogens (tertiary/aromatic N) is 1. The number of ether oxygens (including phenoxy) is 1. The molecule has 0 fully saturated rings. The van der Waals surface area contributed by atoms with Crippen molar-refractivity contribution in [3.05, 3.63) is 80.7 Å². The first kappa shape index (κ1) is 17.0. The molecule has 1 aliphatic rings. The molecule has 26 heavy (non-hydrogen) atoms. The summed E-state index contributed by atoms with van der Waals surface area (Å²) in [7, 11) is 0. The van der Waals surface area contributed by atoms with Crippen molar-refractivity contribution in [2.24, 2.45) is 0 Å². The zero-order valence-corrected chi connectivity index (χ0v) is 13.9. The van der Waals surface area contributed by atoms with E-state index in [4.69, 9.17) is 15.7 Å². The van der Waals surface area contributed by atoms with Crippen molar-refractivity contribution in [1.29, 1.82) is 0 Å². The lowest BCUT2D eigenvalue weighted by Crippen LogP contribution is -2.08. The molecule has 0 N–H and O–H groups in total. The van der Waals surface area contributed by atoms with Crippen LogP contribution in [0.1, 0.15) is 23.6 Å². The molecule has 0 spiro atoms. The van der Waals surface area contributed by atoms with Gasteiger partial charge in [-0.2, -0.15) is 0 Å². The van der Waals surface area contributed by atoms with E-state index < -0.39 is 11.6 Å². The molecule has 0 aliphatic heterocycles. The average molecular weight is 343 g/mol. The standard InChI is InChI=1S/C21H13NO4/c1-3-25-21(24)18(22-2)12-17-11-16-10-14-8-6-4-5-7-9-15(14)13-19(16)26-20(17)23/h4-6,8,10-13H,3H2,1H3/b5-4-,6-4?,8-6-,14-8?,18-12+. The maximum absolute atomic E-state index is 12.2. The number of carbonyl (C=O) groups is 1. The van der Waals surface area contributed by atoms with Gasteiger partial charge in [0, 0.05) is 10.9 Å². The van der Waals surface area contributed by atoms with Crippen molar-refractivity contribution in [2.45, 2.75) is 6.92 Å². The molecule has 0 bridgehead atoms. The third-order valence-electron chi connectivity index (χ3n) is 3.60. The fourth-order valence-electron chi connectivity index (χ4n) is 2.42. The van der Waals surface area contributed by atoms with Gasteiger partial charge in [-0.1, -0.05) is 30.1 Å². The lowest BCUT2D eigenvalue weighted by Gasteiger charge is -2.05. The van der Waals surface area contributed by atoms with E-state index in [0.717, 1.165) is 11.1 Å². The molecule has 0 saturated carbocycles. The van der Waals surface area contributed by atoms with Crippen molar-refractivity contribution >= 4 is 29.1 Å².